The molecule has 2 aromatic rings. The van der Waals surface area contributed by atoms with E-state index >= 15 is 0 Å². The number of carboxylic acids is 1. The maximum absolute atomic E-state index is 10.7. The Balaban J connectivity index is 2.50. The van der Waals surface area contributed by atoms with Crippen LogP contribution in [0.5, 0.6) is 5.75 Å². The molecule has 1 aromatic heterocycles. The summed E-state index contributed by atoms with van der Waals surface area (Å²) in [6, 6.07) is 5.71. The summed E-state index contributed by atoms with van der Waals surface area (Å²) < 4.78 is 5.27. The zero-order chi connectivity index (χ0) is 12.3. The molecule has 0 aliphatic carbocycles. The number of aliphatic carboxylic acids is 1. The van der Waals surface area contributed by atoms with Crippen LogP contribution in [0.25, 0.3) is 10.8 Å². The van der Waals surface area contributed by atoms with Gasteiger partial charge in [0.25, 0.3) is 0 Å². The Morgan fingerprint density at radius 1 is 1.41 bits per heavy atom. The Labute approximate surface area is 98.9 Å². The zero-order valence-electron chi connectivity index (χ0n) is 9.51. The van der Waals surface area contributed by atoms with Crippen LogP contribution in [0.1, 0.15) is 12.0 Å². The van der Waals surface area contributed by atoms with Crippen molar-refractivity contribution in [2.24, 2.45) is 0 Å². The number of rotatable bonds is 4. The van der Waals surface area contributed by atoms with Gasteiger partial charge in [-0.25, -0.2) is 0 Å². The average molecular weight is 231 g/mol. The molecule has 1 aromatic carbocycles. The number of fused-ring (bicyclic) bond motifs is 1. The third-order valence-corrected chi connectivity index (χ3v) is 2.70. The van der Waals surface area contributed by atoms with E-state index in [-0.39, 0.29) is 6.42 Å². The lowest BCUT2D eigenvalue weighted by Gasteiger charge is -2.10. The molecule has 0 unspecified atom stereocenters. The average Bonchev–Trinajstić information content (AvgIpc) is 2.35. The minimum atomic E-state index is -0.812. The van der Waals surface area contributed by atoms with Gasteiger partial charge in [-0.15, -0.1) is 0 Å². The molecule has 0 spiro atoms. The lowest BCUT2D eigenvalue weighted by Crippen LogP contribution is -2.00. The molecule has 88 valence electrons. The summed E-state index contributed by atoms with van der Waals surface area (Å²) in [6.45, 7) is 0. The van der Waals surface area contributed by atoms with Gasteiger partial charge in [0.05, 0.1) is 7.11 Å². The predicted molar refractivity (Wildman–Crippen MR) is 64.3 cm³/mol. The minimum absolute atomic E-state index is 0.0877. The molecule has 17 heavy (non-hydrogen) atoms. The number of aromatic nitrogens is 1. The fourth-order valence-corrected chi connectivity index (χ4v) is 1.88. The van der Waals surface area contributed by atoms with Crippen molar-refractivity contribution in [3.8, 4) is 5.75 Å². The van der Waals surface area contributed by atoms with E-state index in [0.717, 1.165) is 16.3 Å². The molecule has 0 saturated carbocycles. The first-order valence-electron chi connectivity index (χ1n) is 5.33. The van der Waals surface area contributed by atoms with Crippen molar-refractivity contribution < 1.29 is 14.6 Å². The fourth-order valence-electron chi connectivity index (χ4n) is 1.88. The van der Waals surface area contributed by atoms with Crippen LogP contribution < -0.4 is 4.74 Å². The van der Waals surface area contributed by atoms with E-state index in [1.807, 2.05) is 18.2 Å². The van der Waals surface area contributed by atoms with E-state index in [4.69, 9.17) is 9.84 Å². The maximum Gasteiger partial charge on any atom is 0.303 e. The fraction of sp³-hybridized carbons (Fsp3) is 0.231. The number of hydrogen-bond acceptors (Lipinski definition) is 3. The first-order valence-corrected chi connectivity index (χ1v) is 5.33. The van der Waals surface area contributed by atoms with Gasteiger partial charge in [-0.2, -0.15) is 0 Å². The topological polar surface area (TPSA) is 59.4 Å². The number of hydrogen-bond donors (Lipinski definition) is 1. The van der Waals surface area contributed by atoms with Crippen LogP contribution >= 0.6 is 0 Å². The molecule has 4 heteroatoms. The molecule has 0 fully saturated rings. The minimum Gasteiger partial charge on any atom is -0.496 e. The molecule has 1 N–H and O–H groups in total. The quantitative estimate of drug-likeness (QED) is 0.876. The smallest absolute Gasteiger partial charge is 0.303 e. The van der Waals surface area contributed by atoms with Crippen LogP contribution in [-0.2, 0) is 11.2 Å². The number of methoxy groups -OCH3 is 1. The third-order valence-electron chi connectivity index (χ3n) is 2.70. The lowest BCUT2D eigenvalue weighted by atomic mass is 10.0. The summed E-state index contributed by atoms with van der Waals surface area (Å²) in [6.07, 6.45) is 4.00. The number of ether oxygens (including phenoxy) is 1. The molecular formula is C13H13NO3. The van der Waals surface area contributed by atoms with Gasteiger partial charge >= 0.3 is 5.97 Å². The molecular weight excluding hydrogens is 218 g/mol. The number of carbonyl (C=O) groups is 1. The van der Waals surface area contributed by atoms with Crippen molar-refractivity contribution in [2.45, 2.75) is 12.8 Å². The van der Waals surface area contributed by atoms with Crippen molar-refractivity contribution in [1.29, 1.82) is 0 Å². The van der Waals surface area contributed by atoms with Crippen molar-refractivity contribution in [3.63, 3.8) is 0 Å². The summed E-state index contributed by atoms with van der Waals surface area (Å²) in [5.74, 6) is -0.0975. The normalized spacial score (nSPS) is 10.4. The third kappa shape index (κ3) is 2.36. The Kier molecular flexibility index (Phi) is 3.23. The molecule has 0 aliphatic rings. The van der Waals surface area contributed by atoms with Gasteiger partial charge in [0.1, 0.15) is 5.75 Å². The van der Waals surface area contributed by atoms with Crippen molar-refractivity contribution in [3.05, 3.63) is 36.2 Å². The molecule has 0 amide bonds. The van der Waals surface area contributed by atoms with Gasteiger partial charge in [0, 0.05) is 29.8 Å². The first-order chi connectivity index (χ1) is 8.22. The van der Waals surface area contributed by atoms with E-state index in [1.54, 1.807) is 19.5 Å². The number of aryl methyl sites for hydroxylation is 1. The summed E-state index contributed by atoms with van der Waals surface area (Å²) in [5, 5.41) is 10.7. The molecule has 0 saturated heterocycles. The van der Waals surface area contributed by atoms with Gasteiger partial charge in [0.15, 0.2) is 0 Å². The second-order valence-electron chi connectivity index (χ2n) is 3.74. The maximum atomic E-state index is 10.7. The Morgan fingerprint density at radius 3 is 2.94 bits per heavy atom. The van der Waals surface area contributed by atoms with E-state index < -0.39 is 5.97 Å². The van der Waals surface area contributed by atoms with Gasteiger partial charge in [0.2, 0.25) is 0 Å². The highest BCUT2D eigenvalue weighted by Gasteiger charge is 2.10. The van der Waals surface area contributed by atoms with Crippen LogP contribution in [-0.4, -0.2) is 23.2 Å². The van der Waals surface area contributed by atoms with Gasteiger partial charge in [-0.05, 0) is 23.9 Å². The van der Waals surface area contributed by atoms with Crippen molar-refractivity contribution in [2.75, 3.05) is 7.11 Å². The van der Waals surface area contributed by atoms with E-state index in [0.29, 0.717) is 12.2 Å². The first kappa shape index (κ1) is 11.4. The number of pyridine rings is 1. The van der Waals surface area contributed by atoms with Crippen molar-refractivity contribution in [1.82, 2.24) is 4.98 Å². The van der Waals surface area contributed by atoms with E-state index in [1.165, 1.54) is 0 Å². The Bertz CT molecular complexity index is 551. The molecule has 0 radical (unpaired) electrons. The second kappa shape index (κ2) is 4.82. The summed E-state index contributed by atoms with van der Waals surface area (Å²) in [4.78, 5) is 14.7. The molecule has 4 nitrogen and oxygen atoms in total. The van der Waals surface area contributed by atoms with Crippen molar-refractivity contribution >= 4 is 16.7 Å². The van der Waals surface area contributed by atoms with Crippen LogP contribution in [0.4, 0.5) is 0 Å². The Hall–Kier alpha value is -2.10. The number of carboxylic acid groups (broad SMARTS) is 1. The largest absolute Gasteiger partial charge is 0.496 e. The molecule has 0 atom stereocenters. The zero-order valence-corrected chi connectivity index (χ0v) is 9.51. The summed E-state index contributed by atoms with van der Waals surface area (Å²) in [7, 11) is 1.59. The summed E-state index contributed by atoms with van der Waals surface area (Å²) >= 11 is 0. The standard InChI is InChI=1S/C13H13NO3/c1-17-12-4-2-9-6-7-14-8-11(9)10(12)3-5-13(15)16/h2,4,6-8H,3,5H2,1H3,(H,15,16). The van der Waals surface area contributed by atoms with E-state index in [9.17, 15) is 4.79 Å². The molecule has 2 rings (SSSR count). The van der Waals surface area contributed by atoms with Crippen LogP contribution in [0.2, 0.25) is 0 Å². The molecule has 0 bridgehead atoms. The number of nitrogens with zero attached hydrogens (tertiary/aromatic N) is 1. The van der Waals surface area contributed by atoms with Gasteiger partial charge in [-0.1, -0.05) is 6.07 Å². The predicted octanol–water partition coefficient (Wildman–Crippen LogP) is 2.26. The highest BCUT2D eigenvalue weighted by atomic mass is 16.5. The Morgan fingerprint density at radius 2 is 2.24 bits per heavy atom. The SMILES string of the molecule is COc1ccc2ccncc2c1CCC(=O)O. The summed E-state index contributed by atoms with van der Waals surface area (Å²) in [5.41, 5.74) is 0.903. The van der Waals surface area contributed by atoms with Gasteiger partial charge in [-0.3, -0.25) is 9.78 Å². The van der Waals surface area contributed by atoms with Crippen LogP contribution in [0.15, 0.2) is 30.6 Å². The molecule has 0 aliphatic heterocycles. The lowest BCUT2D eigenvalue weighted by molar-refractivity contribution is -0.136. The molecule has 1 heterocycles. The second-order valence-corrected chi connectivity index (χ2v) is 3.74. The van der Waals surface area contributed by atoms with Crippen LogP contribution in [0, 0.1) is 0 Å². The van der Waals surface area contributed by atoms with E-state index in [2.05, 4.69) is 4.98 Å². The van der Waals surface area contributed by atoms with Crippen LogP contribution in [0.3, 0.4) is 0 Å². The highest BCUT2D eigenvalue weighted by Crippen LogP contribution is 2.28. The monoisotopic (exact) mass is 231 g/mol. The highest BCUT2D eigenvalue weighted by molar-refractivity contribution is 5.87. The van der Waals surface area contributed by atoms with Gasteiger partial charge < -0.3 is 9.84 Å². The number of benzene rings is 1.